The molecule has 1 radical (unpaired) electrons. The molecule has 0 heterocycles. The Kier molecular flexibility index (Phi) is 4.35. The Morgan fingerprint density at radius 1 is 0.870 bits per heavy atom. The largest absolute Gasteiger partial charge is 0.441 e. The molecule has 2 aromatic rings. The summed E-state index contributed by atoms with van der Waals surface area (Å²) in [5.41, 5.74) is -0.531. The molecular formula is C15H11N2O6. The van der Waals surface area contributed by atoms with Crippen molar-refractivity contribution < 1.29 is 19.4 Å². The van der Waals surface area contributed by atoms with Crippen molar-refractivity contribution in [2.45, 2.75) is 12.5 Å². The zero-order chi connectivity index (χ0) is 17.0. The minimum absolute atomic E-state index is 0.102. The van der Waals surface area contributed by atoms with Crippen LogP contribution in [-0.4, -0.2) is 16.3 Å². The van der Waals surface area contributed by atoms with Crippen molar-refractivity contribution in [3.63, 3.8) is 0 Å². The lowest BCUT2D eigenvalue weighted by molar-refractivity contribution is -0.385. The molecule has 0 aliphatic carbocycles. The second-order valence-electron chi connectivity index (χ2n) is 4.83. The molecule has 117 valence electrons. The van der Waals surface area contributed by atoms with E-state index in [1.807, 2.05) is 0 Å². The third kappa shape index (κ3) is 3.15. The van der Waals surface area contributed by atoms with E-state index in [0.29, 0.717) is 11.1 Å². The fourth-order valence-electron chi connectivity index (χ4n) is 2.17. The molecule has 0 aliphatic rings. The number of nitro groups is 2. The molecule has 23 heavy (non-hydrogen) atoms. The standard InChI is InChI=1S/C15H11N2O6/c1-15(23-10-18,11-2-6-13(7-3-11)16(19)20)12-4-8-14(9-5-12)17(21)22/h2-9H,1H3. The van der Waals surface area contributed by atoms with Crippen LogP contribution in [-0.2, 0) is 15.1 Å². The third-order valence-electron chi connectivity index (χ3n) is 3.50. The molecule has 0 saturated carbocycles. The molecule has 0 fully saturated rings. The van der Waals surface area contributed by atoms with E-state index >= 15 is 0 Å². The summed E-state index contributed by atoms with van der Waals surface area (Å²) < 4.78 is 5.06. The molecule has 0 spiro atoms. The number of benzene rings is 2. The predicted octanol–water partition coefficient (Wildman–Crippen LogP) is 2.85. The van der Waals surface area contributed by atoms with Gasteiger partial charge in [-0.05, 0) is 31.2 Å². The van der Waals surface area contributed by atoms with E-state index < -0.39 is 15.4 Å². The van der Waals surface area contributed by atoms with Crippen LogP contribution in [0.1, 0.15) is 18.1 Å². The lowest BCUT2D eigenvalue weighted by Crippen LogP contribution is -2.27. The first-order valence-electron chi connectivity index (χ1n) is 6.43. The average Bonchev–Trinajstić information content (AvgIpc) is 2.55. The second-order valence-corrected chi connectivity index (χ2v) is 4.83. The van der Waals surface area contributed by atoms with Crippen molar-refractivity contribution in [3.05, 3.63) is 79.9 Å². The zero-order valence-corrected chi connectivity index (χ0v) is 12.0. The first-order chi connectivity index (χ1) is 10.9. The summed E-state index contributed by atoms with van der Waals surface area (Å²) >= 11 is 0. The van der Waals surface area contributed by atoms with Crippen molar-refractivity contribution in [1.82, 2.24) is 0 Å². The summed E-state index contributed by atoms with van der Waals surface area (Å²) in [6.45, 7) is 2.93. The number of hydrogen-bond acceptors (Lipinski definition) is 6. The maximum atomic E-state index is 10.8. The van der Waals surface area contributed by atoms with E-state index in [2.05, 4.69) is 0 Å². The Balaban J connectivity index is 2.47. The maximum absolute atomic E-state index is 10.8. The summed E-state index contributed by atoms with van der Waals surface area (Å²) in [4.78, 5) is 31.1. The van der Waals surface area contributed by atoms with Crippen LogP contribution in [0.4, 0.5) is 11.4 Å². The Labute approximate surface area is 130 Å². The summed E-state index contributed by atoms with van der Waals surface area (Å²) in [7, 11) is 0. The molecule has 0 N–H and O–H groups in total. The van der Waals surface area contributed by atoms with Crippen LogP contribution in [0.3, 0.4) is 0 Å². The van der Waals surface area contributed by atoms with E-state index in [0.717, 1.165) is 0 Å². The van der Waals surface area contributed by atoms with Crippen molar-refractivity contribution >= 4 is 17.8 Å². The van der Waals surface area contributed by atoms with Crippen LogP contribution in [0.25, 0.3) is 0 Å². The summed E-state index contributed by atoms with van der Waals surface area (Å²) in [5.74, 6) is 0. The average molecular weight is 315 g/mol. The van der Waals surface area contributed by atoms with Gasteiger partial charge >= 0.3 is 6.47 Å². The molecule has 0 amide bonds. The van der Waals surface area contributed by atoms with Gasteiger partial charge in [0.2, 0.25) is 0 Å². The smallest absolute Gasteiger partial charge is 0.418 e. The summed E-state index contributed by atoms with van der Waals surface area (Å²) in [5, 5.41) is 21.4. The molecule has 0 aromatic heterocycles. The third-order valence-corrected chi connectivity index (χ3v) is 3.50. The molecule has 8 nitrogen and oxygen atoms in total. The van der Waals surface area contributed by atoms with Gasteiger partial charge in [-0.15, -0.1) is 0 Å². The van der Waals surface area contributed by atoms with E-state index in [-0.39, 0.29) is 11.4 Å². The molecule has 0 atom stereocenters. The lowest BCUT2D eigenvalue weighted by atomic mass is 9.87. The second kappa shape index (κ2) is 6.22. The molecule has 0 bridgehead atoms. The van der Waals surface area contributed by atoms with Crippen LogP contribution < -0.4 is 0 Å². The molecule has 0 unspecified atom stereocenters. The quantitative estimate of drug-likeness (QED) is 0.598. The monoisotopic (exact) mass is 315 g/mol. The maximum Gasteiger partial charge on any atom is 0.418 e. The highest BCUT2D eigenvalue weighted by atomic mass is 16.6. The minimum atomic E-state index is -1.27. The van der Waals surface area contributed by atoms with E-state index in [1.54, 1.807) is 6.92 Å². The SMILES string of the molecule is CC(O[C]=O)(c1ccc([N+](=O)[O-])cc1)c1ccc([N+](=O)[O-])cc1. The highest BCUT2D eigenvalue weighted by Gasteiger charge is 2.32. The van der Waals surface area contributed by atoms with Crippen LogP contribution in [0.2, 0.25) is 0 Å². The van der Waals surface area contributed by atoms with Gasteiger partial charge in [0.05, 0.1) is 9.85 Å². The molecular weight excluding hydrogens is 304 g/mol. The van der Waals surface area contributed by atoms with E-state index in [9.17, 15) is 25.0 Å². The number of nitrogens with zero attached hydrogens (tertiary/aromatic N) is 2. The van der Waals surface area contributed by atoms with Gasteiger partial charge in [0.25, 0.3) is 11.4 Å². The first kappa shape index (κ1) is 16.1. The molecule has 0 aliphatic heterocycles. The number of rotatable bonds is 6. The molecule has 0 saturated heterocycles. The van der Waals surface area contributed by atoms with Crippen LogP contribution >= 0.6 is 0 Å². The normalized spacial score (nSPS) is 10.8. The van der Waals surface area contributed by atoms with Crippen LogP contribution in [0.5, 0.6) is 0 Å². The number of nitro benzene ring substituents is 2. The zero-order valence-electron chi connectivity index (χ0n) is 12.0. The number of hydrogen-bond donors (Lipinski definition) is 0. The van der Waals surface area contributed by atoms with Gasteiger partial charge < -0.3 is 4.74 Å². The van der Waals surface area contributed by atoms with Crippen LogP contribution in [0.15, 0.2) is 48.5 Å². The van der Waals surface area contributed by atoms with Crippen molar-refractivity contribution in [2.75, 3.05) is 0 Å². The minimum Gasteiger partial charge on any atom is -0.441 e. The van der Waals surface area contributed by atoms with Gasteiger partial charge in [0.1, 0.15) is 0 Å². The van der Waals surface area contributed by atoms with Gasteiger partial charge in [0, 0.05) is 35.4 Å². The van der Waals surface area contributed by atoms with E-state index in [1.165, 1.54) is 55.0 Å². The van der Waals surface area contributed by atoms with Crippen molar-refractivity contribution in [3.8, 4) is 0 Å². The Morgan fingerprint density at radius 2 is 1.22 bits per heavy atom. The molecule has 2 rings (SSSR count). The van der Waals surface area contributed by atoms with Crippen molar-refractivity contribution in [1.29, 1.82) is 0 Å². The van der Waals surface area contributed by atoms with Gasteiger partial charge in [0.15, 0.2) is 5.60 Å². The van der Waals surface area contributed by atoms with E-state index in [4.69, 9.17) is 4.74 Å². The fraction of sp³-hybridized carbons (Fsp3) is 0.133. The lowest BCUT2D eigenvalue weighted by Gasteiger charge is -2.28. The number of carbonyl (C=O) groups excluding carboxylic acids is 1. The van der Waals surface area contributed by atoms with Gasteiger partial charge in [-0.25, -0.2) is 4.79 Å². The summed E-state index contributed by atoms with van der Waals surface area (Å²) in [6, 6.07) is 11.0. The molecule has 8 heteroatoms. The van der Waals surface area contributed by atoms with Gasteiger partial charge in [-0.2, -0.15) is 0 Å². The highest BCUT2D eigenvalue weighted by Crippen LogP contribution is 2.34. The summed E-state index contributed by atoms with van der Waals surface area (Å²) in [6.07, 6.45) is 0. The molecule has 2 aromatic carbocycles. The Hall–Kier alpha value is -3.29. The predicted molar refractivity (Wildman–Crippen MR) is 79.4 cm³/mol. The Bertz CT molecular complexity index is 682. The van der Waals surface area contributed by atoms with Crippen molar-refractivity contribution in [2.24, 2.45) is 0 Å². The fourth-order valence-corrected chi connectivity index (χ4v) is 2.17. The number of non-ortho nitro benzene ring substituents is 2. The van der Waals surface area contributed by atoms with Gasteiger partial charge in [-0.1, -0.05) is 0 Å². The van der Waals surface area contributed by atoms with Crippen LogP contribution in [0, 0.1) is 20.2 Å². The first-order valence-corrected chi connectivity index (χ1v) is 6.43. The van der Waals surface area contributed by atoms with Gasteiger partial charge in [-0.3, -0.25) is 20.2 Å². The highest BCUT2D eigenvalue weighted by molar-refractivity contribution is 5.48. The topological polar surface area (TPSA) is 113 Å². The Morgan fingerprint density at radius 3 is 1.48 bits per heavy atom. The number of ether oxygens (including phenoxy) is 1.